The predicted molar refractivity (Wildman–Crippen MR) is 74.2 cm³/mol. The van der Waals surface area contributed by atoms with Crippen molar-refractivity contribution in [2.75, 3.05) is 25.0 Å². The Hall–Kier alpha value is -1.69. The molecule has 1 unspecified atom stereocenters. The van der Waals surface area contributed by atoms with Gasteiger partial charge in [0.25, 0.3) is 0 Å². The number of benzene rings is 1. The minimum atomic E-state index is -1.48. The van der Waals surface area contributed by atoms with E-state index < -0.39 is 23.2 Å². The van der Waals surface area contributed by atoms with Crippen LogP contribution in [0.1, 0.15) is 31.1 Å². The Morgan fingerprint density at radius 3 is 2.40 bits per heavy atom. The van der Waals surface area contributed by atoms with Gasteiger partial charge in [0, 0.05) is 12.6 Å². The van der Waals surface area contributed by atoms with Crippen LogP contribution in [0.15, 0.2) is 12.1 Å². The van der Waals surface area contributed by atoms with Gasteiger partial charge in [-0.25, -0.2) is 13.6 Å². The molecule has 0 saturated heterocycles. The molecule has 6 heteroatoms. The fraction of sp³-hybridized carbons (Fsp3) is 0.500. The lowest BCUT2D eigenvalue weighted by molar-refractivity contribution is 0.0690. The predicted octanol–water partition coefficient (Wildman–Crippen LogP) is 2.81. The minimum Gasteiger partial charge on any atom is -0.478 e. The molecule has 4 nitrogen and oxygen atoms in total. The van der Waals surface area contributed by atoms with Crippen LogP contribution in [-0.2, 0) is 0 Å². The van der Waals surface area contributed by atoms with Gasteiger partial charge in [0.1, 0.15) is 0 Å². The molecule has 1 rings (SSSR count). The summed E-state index contributed by atoms with van der Waals surface area (Å²) in [6.45, 7) is 8.35. The molecule has 0 amide bonds. The molecular formula is C14H20F2N2O2. The molecule has 0 aromatic heterocycles. The maximum atomic E-state index is 13.8. The molecule has 0 aliphatic heterocycles. The summed E-state index contributed by atoms with van der Waals surface area (Å²) < 4.78 is 27.3. The van der Waals surface area contributed by atoms with Gasteiger partial charge in [-0.2, -0.15) is 0 Å². The maximum Gasteiger partial charge on any atom is 0.338 e. The lowest BCUT2D eigenvalue weighted by Crippen LogP contribution is -2.35. The number of carboxylic acid groups (broad SMARTS) is 1. The van der Waals surface area contributed by atoms with Crippen molar-refractivity contribution < 1.29 is 18.7 Å². The molecule has 0 saturated carbocycles. The Labute approximate surface area is 117 Å². The first-order valence-electron chi connectivity index (χ1n) is 6.60. The van der Waals surface area contributed by atoms with Crippen LogP contribution in [0.25, 0.3) is 0 Å². The Morgan fingerprint density at radius 1 is 1.30 bits per heavy atom. The standard InChI is InChI=1S/C14H20F2N2O2/c1-4-18(5-2)8-9(3)17-11-7-6-10(14(19)20)12(15)13(11)16/h6-7,9,17H,4-5,8H2,1-3H3,(H,19,20). The zero-order valence-corrected chi connectivity index (χ0v) is 11.9. The van der Waals surface area contributed by atoms with E-state index >= 15 is 0 Å². The smallest absolute Gasteiger partial charge is 0.338 e. The van der Waals surface area contributed by atoms with E-state index in [4.69, 9.17) is 5.11 Å². The number of carbonyl (C=O) groups is 1. The molecule has 0 fully saturated rings. The quantitative estimate of drug-likeness (QED) is 0.809. The van der Waals surface area contributed by atoms with E-state index in [-0.39, 0.29) is 11.7 Å². The molecule has 1 aromatic carbocycles. The summed E-state index contributed by atoms with van der Waals surface area (Å²) in [5.41, 5.74) is -0.684. The van der Waals surface area contributed by atoms with E-state index in [9.17, 15) is 13.6 Å². The lowest BCUT2D eigenvalue weighted by atomic mass is 10.1. The van der Waals surface area contributed by atoms with E-state index in [2.05, 4.69) is 10.2 Å². The second-order valence-corrected chi connectivity index (χ2v) is 4.63. The van der Waals surface area contributed by atoms with E-state index in [1.165, 1.54) is 6.07 Å². The third-order valence-corrected chi connectivity index (χ3v) is 3.14. The van der Waals surface area contributed by atoms with E-state index in [1.54, 1.807) is 0 Å². The normalized spacial score (nSPS) is 12.5. The van der Waals surface area contributed by atoms with Crippen LogP contribution >= 0.6 is 0 Å². The second kappa shape index (κ2) is 7.19. The number of nitrogens with zero attached hydrogens (tertiary/aromatic N) is 1. The molecule has 0 heterocycles. The zero-order valence-electron chi connectivity index (χ0n) is 11.9. The highest BCUT2D eigenvalue weighted by Gasteiger charge is 2.19. The number of likely N-dealkylation sites (N-methyl/N-ethyl adjacent to an activating group) is 1. The molecule has 2 N–H and O–H groups in total. The summed E-state index contributed by atoms with van der Waals surface area (Å²) in [5.74, 6) is -3.97. The first-order chi connectivity index (χ1) is 9.40. The second-order valence-electron chi connectivity index (χ2n) is 4.63. The molecule has 1 aromatic rings. The Morgan fingerprint density at radius 2 is 1.90 bits per heavy atom. The van der Waals surface area contributed by atoms with Crippen molar-refractivity contribution >= 4 is 11.7 Å². The van der Waals surface area contributed by atoms with Crippen molar-refractivity contribution in [2.45, 2.75) is 26.8 Å². The monoisotopic (exact) mass is 286 g/mol. The molecule has 0 spiro atoms. The fourth-order valence-electron chi connectivity index (χ4n) is 2.01. The first-order valence-corrected chi connectivity index (χ1v) is 6.60. The van der Waals surface area contributed by atoms with E-state index in [1.807, 2.05) is 20.8 Å². The third-order valence-electron chi connectivity index (χ3n) is 3.14. The van der Waals surface area contributed by atoms with Gasteiger partial charge in [0.15, 0.2) is 11.6 Å². The van der Waals surface area contributed by atoms with E-state index in [0.29, 0.717) is 6.54 Å². The number of halogens is 2. The summed E-state index contributed by atoms with van der Waals surface area (Å²) in [5, 5.41) is 11.6. The molecule has 0 aliphatic rings. The van der Waals surface area contributed by atoms with Crippen LogP contribution in [0.5, 0.6) is 0 Å². The topological polar surface area (TPSA) is 52.6 Å². The molecule has 0 aliphatic carbocycles. The van der Waals surface area contributed by atoms with Crippen LogP contribution in [-0.4, -0.2) is 41.7 Å². The largest absolute Gasteiger partial charge is 0.478 e. The van der Waals surface area contributed by atoms with Crippen LogP contribution in [0.3, 0.4) is 0 Å². The number of nitrogens with one attached hydrogen (secondary N) is 1. The third kappa shape index (κ3) is 3.90. The van der Waals surface area contributed by atoms with Gasteiger partial charge in [0.2, 0.25) is 0 Å². The van der Waals surface area contributed by atoms with Crippen molar-refractivity contribution in [2.24, 2.45) is 0 Å². The Kier molecular flexibility index (Phi) is 5.88. The molecule has 0 bridgehead atoms. The highest BCUT2D eigenvalue weighted by molar-refractivity contribution is 5.88. The van der Waals surface area contributed by atoms with E-state index in [0.717, 1.165) is 19.2 Å². The highest BCUT2D eigenvalue weighted by atomic mass is 19.2. The lowest BCUT2D eigenvalue weighted by Gasteiger charge is -2.24. The van der Waals surface area contributed by atoms with Crippen molar-refractivity contribution in [3.63, 3.8) is 0 Å². The number of hydrogen-bond acceptors (Lipinski definition) is 3. The van der Waals surface area contributed by atoms with Crippen molar-refractivity contribution in [3.8, 4) is 0 Å². The van der Waals surface area contributed by atoms with Crippen LogP contribution in [0.2, 0.25) is 0 Å². The summed E-state index contributed by atoms with van der Waals surface area (Å²) in [4.78, 5) is 12.8. The van der Waals surface area contributed by atoms with Crippen molar-refractivity contribution in [3.05, 3.63) is 29.3 Å². The maximum absolute atomic E-state index is 13.8. The summed E-state index contributed by atoms with van der Waals surface area (Å²) in [6, 6.07) is 2.23. The summed E-state index contributed by atoms with van der Waals surface area (Å²) in [6.07, 6.45) is 0. The van der Waals surface area contributed by atoms with Gasteiger partial charge in [-0.1, -0.05) is 13.8 Å². The molecule has 1 atom stereocenters. The fourth-order valence-corrected chi connectivity index (χ4v) is 2.01. The van der Waals surface area contributed by atoms with Gasteiger partial charge >= 0.3 is 5.97 Å². The first kappa shape index (κ1) is 16.4. The number of hydrogen-bond donors (Lipinski definition) is 2. The van der Waals surface area contributed by atoms with Gasteiger partial charge in [0.05, 0.1) is 11.3 Å². The van der Waals surface area contributed by atoms with Gasteiger partial charge < -0.3 is 15.3 Å². The summed E-state index contributed by atoms with van der Waals surface area (Å²) in [7, 11) is 0. The highest BCUT2D eigenvalue weighted by Crippen LogP contribution is 2.21. The Balaban J connectivity index is 2.83. The minimum absolute atomic E-state index is 0.0212. The van der Waals surface area contributed by atoms with Crippen LogP contribution in [0.4, 0.5) is 14.5 Å². The SMILES string of the molecule is CCN(CC)CC(C)Nc1ccc(C(=O)O)c(F)c1F. The average molecular weight is 286 g/mol. The molecule has 112 valence electrons. The van der Waals surface area contributed by atoms with Gasteiger partial charge in [-0.05, 0) is 32.1 Å². The zero-order chi connectivity index (χ0) is 15.3. The summed E-state index contributed by atoms with van der Waals surface area (Å²) >= 11 is 0. The van der Waals surface area contributed by atoms with Gasteiger partial charge in [-0.3, -0.25) is 0 Å². The number of aromatic carboxylic acids is 1. The molecule has 0 radical (unpaired) electrons. The molecular weight excluding hydrogens is 266 g/mol. The number of carboxylic acids is 1. The molecule has 20 heavy (non-hydrogen) atoms. The average Bonchev–Trinajstić information content (AvgIpc) is 2.41. The van der Waals surface area contributed by atoms with Crippen LogP contribution in [0, 0.1) is 11.6 Å². The van der Waals surface area contributed by atoms with Crippen molar-refractivity contribution in [1.29, 1.82) is 0 Å². The van der Waals surface area contributed by atoms with Crippen LogP contribution < -0.4 is 5.32 Å². The van der Waals surface area contributed by atoms with Crippen molar-refractivity contribution in [1.82, 2.24) is 4.90 Å². The number of rotatable bonds is 7. The number of anilines is 1. The Bertz CT molecular complexity index is 476. The van der Waals surface area contributed by atoms with Gasteiger partial charge in [-0.15, -0.1) is 0 Å².